The summed E-state index contributed by atoms with van der Waals surface area (Å²) in [7, 11) is 0. The predicted molar refractivity (Wildman–Crippen MR) is 120 cm³/mol. The van der Waals surface area contributed by atoms with Gasteiger partial charge in [0.25, 0.3) is 0 Å². The summed E-state index contributed by atoms with van der Waals surface area (Å²) in [5.41, 5.74) is 2.35. The van der Waals surface area contributed by atoms with Gasteiger partial charge in [-0.15, -0.1) is 0 Å². The van der Waals surface area contributed by atoms with Crippen molar-refractivity contribution < 1.29 is 14.0 Å². The van der Waals surface area contributed by atoms with Crippen molar-refractivity contribution in [2.24, 2.45) is 0 Å². The van der Waals surface area contributed by atoms with E-state index >= 15 is 0 Å². The minimum Gasteiger partial charge on any atom is -0.350 e. The molecule has 3 rings (SSSR count). The fraction of sp³-hybridized carbons (Fsp3) is 0.200. The van der Waals surface area contributed by atoms with Crippen LogP contribution in [0.4, 0.5) is 4.39 Å². The predicted octanol–water partition coefficient (Wildman–Crippen LogP) is 5.28. The molecule has 0 spiro atoms. The van der Waals surface area contributed by atoms with Gasteiger partial charge in [-0.3, -0.25) is 9.59 Å². The molecule has 31 heavy (non-hydrogen) atoms. The van der Waals surface area contributed by atoms with Crippen molar-refractivity contribution in [2.45, 2.75) is 32.5 Å². The Hall–Kier alpha value is -3.18. The maximum Gasteiger partial charge on any atom is 0.247 e. The highest BCUT2D eigenvalue weighted by Gasteiger charge is 2.30. The summed E-state index contributed by atoms with van der Waals surface area (Å²) in [5, 5.41) is 3.56. The van der Waals surface area contributed by atoms with Crippen LogP contribution in [-0.4, -0.2) is 16.7 Å². The standard InChI is InChI=1S/C25H24ClFN2O2/c1-2-23(30)29(17-19-10-14-22(27)15-11-19)24(20-6-4-3-5-7-20)25(31)28-16-18-8-12-21(26)13-9-18/h3-15,24H,2,16-17H2,1H3,(H,28,31)/t24-/m1/s1. The third-order valence-electron chi connectivity index (χ3n) is 4.94. The Morgan fingerprint density at radius 3 is 2.16 bits per heavy atom. The number of carbonyl (C=O) groups is 2. The molecule has 0 heterocycles. The third kappa shape index (κ3) is 6.15. The molecule has 0 aliphatic carbocycles. The van der Waals surface area contributed by atoms with E-state index in [0.29, 0.717) is 17.1 Å². The van der Waals surface area contributed by atoms with E-state index in [4.69, 9.17) is 11.6 Å². The Morgan fingerprint density at radius 2 is 1.55 bits per heavy atom. The SMILES string of the molecule is CCC(=O)N(Cc1ccc(F)cc1)[C@@H](C(=O)NCc1ccc(Cl)cc1)c1ccccc1. The van der Waals surface area contributed by atoms with E-state index < -0.39 is 6.04 Å². The first kappa shape index (κ1) is 22.5. The van der Waals surface area contributed by atoms with E-state index in [0.717, 1.165) is 11.1 Å². The summed E-state index contributed by atoms with van der Waals surface area (Å²) in [6.45, 7) is 2.26. The molecule has 0 saturated carbocycles. The molecule has 0 radical (unpaired) electrons. The van der Waals surface area contributed by atoms with Gasteiger partial charge in [0.2, 0.25) is 11.8 Å². The van der Waals surface area contributed by atoms with Crippen LogP contribution >= 0.6 is 11.6 Å². The van der Waals surface area contributed by atoms with Crippen LogP contribution in [0.25, 0.3) is 0 Å². The quantitative estimate of drug-likeness (QED) is 0.520. The van der Waals surface area contributed by atoms with Crippen LogP contribution in [0, 0.1) is 5.82 Å². The number of nitrogens with one attached hydrogen (secondary N) is 1. The number of rotatable bonds is 8. The van der Waals surface area contributed by atoms with Crippen molar-refractivity contribution in [3.63, 3.8) is 0 Å². The fourth-order valence-corrected chi connectivity index (χ4v) is 3.44. The molecule has 6 heteroatoms. The molecule has 1 atom stereocenters. The van der Waals surface area contributed by atoms with Crippen molar-refractivity contribution in [1.29, 1.82) is 0 Å². The maximum atomic E-state index is 13.3. The lowest BCUT2D eigenvalue weighted by molar-refractivity contribution is -0.141. The lowest BCUT2D eigenvalue weighted by atomic mass is 10.0. The molecular formula is C25H24ClFN2O2. The minimum absolute atomic E-state index is 0.167. The summed E-state index contributed by atoms with van der Waals surface area (Å²) in [5.74, 6) is -0.803. The molecule has 4 nitrogen and oxygen atoms in total. The van der Waals surface area contributed by atoms with Crippen molar-refractivity contribution in [3.8, 4) is 0 Å². The molecular weight excluding hydrogens is 415 g/mol. The van der Waals surface area contributed by atoms with Gasteiger partial charge in [-0.05, 0) is 41.0 Å². The number of nitrogens with zero attached hydrogens (tertiary/aromatic N) is 1. The van der Waals surface area contributed by atoms with E-state index in [-0.39, 0.29) is 30.6 Å². The Bertz CT molecular complexity index is 1010. The van der Waals surface area contributed by atoms with E-state index in [1.54, 1.807) is 36.1 Å². The van der Waals surface area contributed by atoms with Crippen LogP contribution < -0.4 is 5.32 Å². The van der Waals surface area contributed by atoms with Crippen molar-refractivity contribution in [3.05, 3.63) is 106 Å². The summed E-state index contributed by atoms with van der Waals surface area (Å²) in [6.07, 6.45) is 0.245. The van der Waals surface area contributed by atoms with Gasteiger partial charge in [-0.2, -0.15) is 0 Å². The van der Waals surface area contributed by atoms with Gasteiger partial charge >= 0.3 is 0 Å². The average molecular weight is 439 g/mol. The maximum absolute atomic E-state index is 13.3. The minimum atomic E-state index is -0.814. The highest BCUT2D eigenvalue weighted by molar-refractivity contribution is 6.30. The fourth-order valence-electron chi connectivity index (χ4n) is 3.31. The van der Waals surface area contributed by atoms with Gasteiger partial charge < -0.3 is 10.2 Å². The highest BCUT2D eigenvalue weighted by Crippen LogP contribution is 2.25. The average Bonchev–Trinajstić information content (AvgIpc) is 2.79. The first-order valence-corrected chi connectivity index (χ1v) is 10.5. The lowest BCUT2D eigenvalue weighted by Gasteiger charge is -2.31. The normalized spacial score (nSPS) is 11.6. The topological polar surface area (TPSA) is 49.4 Å². The number of hydrogen-bond acceptors (Lipinski definition) is 2. The Kier molecular flexibility index (Phi) is 7.79. The van der Waals surface area contributed by atoms with E-state index in [9.17, 15) is 14.0 Å². The zero-order valence-corrected chi connectivity index (χ0v) is 18.0. The molecule has 3 aromatic carbocycles. The second kappa shape index (κ2) is 10.7. The summed E-state index contributed by atoms with van der Waals surface area (Å²) >= 11 is 5.93. The number of amides is 2. The smallest absolute Gasteiger partial charge is 0.247 e. The monoisotopic (exact) mass is 438 g/mol. The summed E-state index contributed by atoms with van der Waals surface area (Å²) in [6, 6.07) is 21.5. The molecule has 0 aliphatic heterocycles. The number of hydrogen-bond donors (Lipinski definition) is 1. The molecule has 160 valence electrons. The van der Waals surface area contributed by atoms with Crippen LogP contribution in [0.1, 0.15) is 36.1 Å². The molecule has 0 aliphatic rings. The number of benzene rings is 3. The van der Waals surface area contributed by atoms with Gasteiger partial charge in [0.1, 0.15) is 11.9 Å². The molecule has 0 bridgehead atoms. The Morgan fingerprint density at radius 1 is 0.935 bits per heavy atom. The van der Waals surface area contributed by atoms with Gasteiger partial charge in [0.05, 0.1) is 0 Å². The number of halogens is 2. The molecule has 0 unspecified atom stereocenters. The molecule has 0 saturated heterocycles. The van der Waals surface area contributed by atoms with Crippen molar-refractivity contribution in [2.75, 3.05) is 0 Å². The second-order valence-electron chi connectivity index (χ2n) is 7.16. The molecule has 2 amide bonds. The Labute approximate surface area is 186 Å². The van der Waals surface area contributed by atoms with Crippen LogP contribution in [0.2, 0.25) is 5.02 Å². The van der Waals surface area contributed by atoms with Crippen molar-refractivity contribution >= 4 is 23.4 Å². The van der Waals surface area contributed by atoms with Crippen LogP contribution in [0.5, 0.6) is 0 Å². The van der Waals surface area contributed by atoms with E-state index in [2.05, 4.69) is 5.32 Å². The number of carbonyl (C=O) groups excluding carboxylic acids is 2. The van der Waals surface area contributed by atoms with Crippen molar-refractivity contribution in [1.82, 2.24) is 10.2 Å². The van der Waals surface area contributed by atoms with Gasteiger partial charge in [0, 0.05) is 24.5 Å². The highest BCUT2D eigenvalue weighted by atomic mass is 35.5. The summed E-state index contributed by atoms with van der Waals surface area (Å²) < 4.78 is 13.3. The van der Waals surface area contributed by atoms with Crippen LogP contribution in [-0.2, 0) is 22.7 Å². The van der Waals surface area contributed by atoms with E-state index in [1.165, 1.54) is 12.1 Å². The second-order valence-corrected chi connectivity index (χ2v) is 7.60. The first-order valence-electron chi connectivity index (χ1n) is 10.1. The Balaban J connectivity index is 1.88. The van der Waals surface area contributed by atoms with Crippen LogP contribution in [0.15, 0.2) is 78.9 Å². The lowest BCUT2D eigenvalue weighted by Crippen LogP contribution is -2.43. The largest absolute Gasteiger partial charge is 0.350 e. The molecule has 0 fully saturated rings. The third-order valence-corrected chi connectivity index (χ3v) is 5.20. The van der Waals surface area contributed by atoms with Gasteiger partial charge in [0.15, 0.2) is 0 Å². The molecule has 1 N–H and O–H groups in total. The first-order chi connectivity index (χ1) is 15.0. The summed E-state index contributed by atoms with van der Waals surface area (Å²) in [4.78, 5) is 27.7. The zero-order chi connectivity index (χ0) is 22.2. The molecule has 3 aromatic rings. The zero-order valence-electron chi connectivity index (χ0n) is 17.2. The van der Waals surface area contributed by atoms with Gasteiger partial charge in [-0.1, -0.05) is 73.1 Å². The van der Waals surface area contributed by atoms with Crippen LogP contribution in [0.3, 0.4) is 0 Å². The molecule has 0 aromatic heterocycles. The van der Waals surface area contributed by atoms with Gasteiger partial charge in [-0.25, -0.2) is 4.39 Å². The van der Waals surface area contributed by atoms with E-state index in [1.807, 2.05) is 42.5 Å².